The molecule has 0 saturated heterocycles. The van der Waals surface area contributed by atoms with Crippen molar-refractivity contribution in [3.05, 3.63) is 40.3 Å². The molecule has 0 amide bonds. The molecule has 4 aliphatic heterocycles. The zero-order valence-corrected chi connectivity index (χ0v) is 33.9. The van der Waals surface area contributed by atoms with Gasteiger partial charge in [0.2, 0.25) is 11.9 Å². The van der Waals surface area contributed by atoms with E-state index in [4.69, 9.17) is 71.5 Å². The van der Waals surface area contributed by atoms with Gasteiger partial charge in [0.05, 0.1) is 53.2 Å². The number of fused-ring (bicyclic) bond motifs is 4. The molecule has 30 heteroatoms. The second-order valence-corrected chi connectivity index (χ2v) is 14.0. The van der Waals surface area contributed by atoms with Gasteiger partial charge < -0.3 is 130 Å². The van der Waals surface area contributed by atoms with Crippen LogP contribution in [0.25, 0.3) is 0 Å². The van der Waals surface area contributed by atoms with Crippen molar-refractivity contribution in [3.8, 4) is 0 Å². The number of ether oxygens (including phenoxy) is 2. The third-order valence-electron chi connectivity index (χ3n) is 6.66. The molecule has 0 unspecified atom stereocenters. The summed E-state index contributed by atoms with van der Waals surface area (Å²) in [5.74, 6) is 0.0927. The molecule has 6 atom stereocenters. The Morgan fingerprint density at radius 1 is 0.680 bits per heavy atom. The molecular weight excluding hydrogens is 971 g/mol. The van der Waals surface area contributed by atoms with Crippen LogP contribution >= 0.6 is 15.6 Å². The van der Waals surface area contributed by atoms with E-state index in [9.17, 15) is 38.3 Å². The van der Waals surface area contributed by atoms with E-state index in [2.05, 4.69) is 50.3 Å². The largest absolute Gasteiger partial charge is 2.00 e. The van der Waals surface area contributed by atoms with Crippen LogP contribution in [0.3, 0.4) is 0 Å². The van der Waals surface area contributed by atoms with Crippen LogP contribution < -0.4 is 63.4 Å². The number of aromatic nitrogens is 4. The van der Waals surface area contributed by atoms with Crippen molar-refractivity contribution in [2.75, 3.05) is 45.9 Å². The van der Waals surface area contributed by atoms with E-state index in [1.165, 1.54) is 0 Å². The first-order chi connectivity index (χ1) is 22.3. The van der Waals surface area contributed by atoms with Crippen LogP contribution in [0, 0.1) is 0 Å². The molecule has 22 nitrogen and oxygen atoms in total. The summed E-state index contributed by atoms with van der Waals surface area (Å²) in [7, 11) is -10.3. The number of nitrogens with zero attached hydrogens (tertiary/aromatic N) is 2. The normalized spacial score (nSPS) is 25.1. The first kappa shape index (κ1) is 42.9. The number of H-pyrrole nitrogens is 2. The second kappa shape index (κ2) is 16.7. The fourth-order valence-electron chi connectivity index (χ4n) is 4.64. The van der Waals surface area contributed by atoms with Crippen molar-refractivity contribution in [2.45, 2.75) is 36.7 Å². The monoisotopic (exact) mass is 990 g/mol. The van der Waals surface area contributed by atoms with Crippen LogP contribution in [0.5, 0.6) is 0 Å². The van der Waals surface area contributed by atoms with Crippen LogP contribution in [0.15, 0.2) is 29.2 Å². The van der Waals surface area contributed by atoms with Crippen molar-refractivity contribution in [1.82, 2.24) is 19.9 Å². The molecule has 2 aromatic rings. The fourth-order valence-corrected chi connectivity index (χ4v) is 6.40. The summed E-state index contributed by atoms with van der Waals surface area (Å²) in [6.45, 7) is -1.18. The quantitative estimate of drug-likeness (QED) is 0.0760. The number of phosphoric acid groups is 2. The van der Waals surface area contributed by atoms with Gasteiger partial charge >= 0.3 is 23.1 Å². The van der Waals surface area contributed by atoms with E-state index in [-0.39, 0.29) is 98.6 Å². The first-order valence-electron chi connectivity index (χ1n) is 13.0. The van der Waals surface area contributed by atoms with Crippen LogP contribution in [0.2, 0.25) is 0 Å². The molecule has 50 heavy (non-hydrogen) atoms. The molecule has 6 rings (SSSR count). The van der Waals surface area contributed by atoms with Gasteiger partial charge in [0.15, 0.2) is 24.1 Å². The van der Waals surface area contributed by atoms with Crippen LogP contribution in [0.4, 0.5) is 34.9 Å². The van der Waals surface area contributed by atoms with Gasteiger partial charge in [-0.2, -0.15) is 29.6 Å². The van der Waals surface area contributed by atoms with Crippen molar-refractivity contribution >= 4 is 124 Å². The molecule has 0 saturated carbocycles. The van der Waals surface area contributed by atoms with Gasteiger partial charge in [-0.1, -0.05) is 0 Å². The zero-order valence-electron chi connectivity index (χ0n) is 24.5. The summed E-state index contributed by atoms with van der Waals surface area (Å²) < 4.78 is 40.8. The van der Waals surface area contributed by atoms with Gasteiger partial charge in [0, 0.05) is 21.1 Å². The Morgan fingerprint density at radius 2 is 1.02 bits per heavy atom. The van der Waals surface area contributed by atoms with Crippen LogP contribution in [0.1, 0.15) is 0 Å². The second-order valence-electron chi connectivity index (χ2n) is 9.92. The van der Waals surface area contributed by atoms with E-state index in [0.29, 0.717) is 0 Å². The molecule has 0 aromatic carbocycles. The van der Waals surface area contributed by atoms with Crippen molar-refractivity contribution < 1.29 is 68.3 Å². The van der Waals surface area contributed by atoms with Gasteiger partial charge in [-0.3, -0.25) is 19.6 Å². The predicted molar refractivity (Wildman–Crippen MR) is 174 cm³/mol. The van der Waals surface area contributed by atoms with Crippen LogP contribution in [-0.4, -0.2) is 92.9 Å². The number of hydrogen-bond acceptors (Lipinski definition) is 24. The maximum Gasteiger partial charge on any atom is 2.00 e. The molecule has 4 aliphatic rings. The third kappa shape index (κ3) is 9.93. The molecule has 0 fully saturated rings. The standard InChI is InChI=1S/2C10H14N5O6PS2.Mg.W/c2*11-10-14-7-4(8(16)15-10)12-3-6(24)5(23)2(21-9(3)13-7)1-20-22(17,18)19;;/h2*2-3,9,12,23-24H,1H2,(H2,17,18,19)(H4,11,13,14,15,16);;/q;;+2;/p-8/t2*2-,3+,9-;;/m00../s1. The van der Waals surface area contributed by atoms with Crippen molar-refractivity contribution in [2.24, 2.45) is 0 Å². The number of aromatic amines is 2. The number of hydrogen-bond donors (Lipinski definition) is 8. The Bertz CT molecular complexity index is 1770. The van der Waals surface area contributed by atoms with Crippen LogP contribution in [-0.2, 0) is 99.2 Å². The average molecular weight is 991 g/mol. The maximum atomic E-state index is 11.9. The topological polar surface area (TPSA) is 355 Å². The summed E-state index contributed by atoms with van der Waals surface area (Å²) in [4.78, 5) is 79.5. The molecule has 2 aromatic heterocycles. The number of nitrogens with two attached hydrogens (primary N) is 2. The Morgan fingerprint density at radius 3 is 1.34 bits per heavy atom. The molecule has 0 aliphatic carbocycles. The molecule has 0 radical (unpaired) electrons. The number of anilines is 6. The van der Waals surface area contributed by atoms with E-state index in [0.717, 1.165) is 0 Å². The van der Waals surface area contributed by atoms with E-state index < -0.39 is 76.7 Å². The van der Waals surface area contributed by atoms with Gasteiger partial charge in [-0.25, -0.2) is 0 Å². The summed E-state index contributed by atoms with van der Waals surface area (Å²) in [5.41, 5.74) is 10.2. The average Bonchev–Trinajstić information content (AvgIpc) is 2.97. The predicted octanol–water partition coefficient (Wildman–Crippen LogP) is -5.52. The number of nitrogens with one attached hydrogen (secondary N) is 6. The van der Waals surface area contributed by atoms with E-state index in [1.807, 2.05) is 0 Å². The summed E-state index contributed by atoms with van der Waals surface area (Å²) in [6, 6.07) is -1.32. The van der Waals surface area contributed by atoms with Gasteiger partial charge in [-0.05, 0) is 0 Å². The first-order valence-corrected chi connectivity index (χ1v) is 17.5. The number of phosphoric ester groups is 2. The molecule has 270 valence electrons. The molecule has 0 spiro atoms. The Kier molecular flexibility index (Phi) is 14.3. The Hall–Kier alpha value is -1.49. The summed E-state index contributed by atoms with van der Waals surface area (Å²) in [5, 5.41) is 11.4. The summed E-state index contributed by atoms with van der Waals surface area (Å²) >= 11 is 20.8. The maximum absolute atomic E-state index is 11.9. The van der Waals surface area contributed by atoms with E-state index in [1.54, 1.807) is 0 Å². The zero-order chi connectivity index (χ0) is 35.3. The fraction of sp³-hybridized carbons (Fsp3) is 0.400. The Balaban J connectivity index is 0.000000260. The molecule has 0 bridgehead atoms. The minimum Gasteiger partial charge on any atom is -0.790 e. The van der Waals surface area contributed by atoms with Crippen molar-refractivity contribution in [1.29, 1.82) is 0 Å². The minimum atomic E-state index is -5.17. The molecule has 10 N–H and O–H groups in total. The molecule has 6 heterocycles. The third-order valence-corrected chi connectivity index (χ3v) is 9.77. The summed E-state index contributed by atoms with van der Waals surface area (Å²) in [6.07, 6.45) is -3.64. The Labute approximate surface area is 333 Å². The van der Waals surface area contributed by atoms with Gasteiger partial charge in [0.25, 0.3) is 11.1 Å². The smallest absolute Gasteiger partial charge is 0.790 e. The van der Waals surface area contributed by atoms with Gasteiger partial charge in [-0.15, -0.1) is 0 Å². The minimum absolute atomic E-state index is 0. The van der Waals surface area contributed by atoms with Gasteiger partial charge in [0.1, 0.15) is 11.4 Å². The molecular formula is C20H20MgN10O12P2S4W-6. The SMILES string of the molecule is Nc1nc2c(c(=O)[nH]1)N[C@@H]1C([S-])=C([S-])[C@H](COP(=O)([O-])[O-])O[C@@H]1N2.Nc1nc2c(c(=O)[nH]1)N[C@@H]1C([S-])=C([S-])[C@H](COP(=O)([O-])[O-])O[C@@H]1N2.[Mg+2].[W]. The van der Waals surface area contributed by atoms with E-state index >= 15 is 0 Å². The number of nitrogen functional groups attached to an aromatic ring is 2. The number of rotatable bonds is 6. The van der Waals surface area contributed by atoms with Crippen molar-refractivity contribution in [3.63, 3.8) is 0 Å².